The van der Waals surface area contributed by atoms with Gasteiger partial charge in [0.05, 0.1) is 4.92 Å². The number of benzene rings is 1. The zero-order valence-electron chi connectivity index (χ0n) is 17.0. The standard InChI is InChI=1S/C20H29N7O2/c1-26(2)16-5-3-4-14(10-16)12-23-20-24-17(18(27(28)29)19(22)25-20)11-13-6-8-15(21)9-7-13/h3-5,10,13,15H,6-9,11-12,21H2,1-2H3,(H3,22,23,24,25). The maximum atomic E-state index is 11.5. The average Bonchev–Trinajstić information content (AvgIpc) is 2.68. The zero-order valence-corrected chi connectivity index (χ0v) is 17.0. The molecule has 0 aliphatic heterocycles. The molecular weight excluding hydrogens is 370 g/mol. The molecule has 1 aromatic heterocycles. The highest BCUT2D eigenvalue weighted by Gasteiger charge is 2.27. The molecule has 0 radical (unpaired) electrons. The van der Waals surface area contributed by atoms with Crippen molar-refractivity contribution in [3.05, 3.63) is 45.6 Å². The van der Waals surface area contributed by atoms with Gasteiger partial charge in [-0.15, -0.1) is 0 Å². The maximum Gasteiger partial charge on any atom is 0.332 e. The number of aromatic nitrogens is 2. The highest BCUT2D eigenvalue weighted by atomic mass is 16.6. The van der Waals surface area contributed by atoms with Gasteiger partial charge in [0.2, 0.25) is 11.8 Å². The molecule has 0 amide bonds. The van der Waals surface area contributed by atoms with E-state index >= 15 is 0 Å². The van der Waals surface area contributed by atoms with E-state index < -0.39 is 4.92 Å². The van der Waals surface area contributed by atoms with Gasteiger partial charge in [-0.3, -0.25) is 10.1 Å². The smallest absolute Gasteiger partial charge is 0.332 e. The topological polar surface area (TPSA) is 136 Å². The Hall–Kier alpha value is -2.94. The van der Waals surface area contributed by atoms with Crippen LogP contribution in [0.15, 0.2) is 24.3 Å². The average molecular weight is 399 g/mol. The summed E-state index contributed by atoms with van der Waals surface area (Å²) < 4.78 is 0. The van der Waals surface area contributed by atoms with E-state index in [1.165, 1.54) is 0 Å². The van der Waals surface area contributed by atoms with E-state index in [9.17, 15) is 10.1 Å². The van der Waals surface area contributed by atoms with Crippen LogP contribution in [-0.4, -0.2) is 35.0 Å². The predicted octanol–water partition coefficient (Wildman–Crippen LogP) is 2.71. The molecule has 0 saturated heterocycles. The molecule has 9 nitrogen and oxygen atoms in total. The minimum absolute atomic E-state index is 0.1000. The predicted molar refractivity (Wildman–Crippen MR) is 115 cm³/mol. The van der Waals surface area contributed by atoms with E-state index in [0.717, 1.165) is 36.9 Å². The first-order valence-electron chi connectivity index (χ1n) is 9.90. The first-order chi connectivity index (χ1) is 13.8. The van der Waals surface area contributed by atoms with Crippen molar-refractivity contribution in [1.29, 1.82) is 0 Å². The molecule has 1 aromatic carbocycles. The summed E-state index contributed by atoms with van der Waals surface area (Å²) in [6, 6.07) is 8.30. The summed E-state index contributed by atoms with van der Waals surface area (Å²) in [5.41, 5.74) is 14.3. The van der Waals surface area contributed by atoms with Gasteiger partial charge in [-0.1, -0.05) is 12.1 Å². The second-order valence-corrected chi connectivity index (χ2v) is 7.89. The molecule has 0 atom stereocenters. The Bertz CT molecular complexity index is 864. The van der Waals surface area contributed by atoms with Gasteiger partial charge in [0.25, 0.3) is 0 Å². The fraction of sp³-hybridized carbons (Fsp3) is 0.500. The van der Waals surface area contributed by atoms with Crippen LogP contribution in [0.2, 0.25) is 0 Å². The summed E-state index contributed by atoms with van der Waals surface area (Å²) in [6.07, 6.45) is 4.28. The lowest BCUT2D eigenvalue weighted by Gasteiger charge is -2.25. The van der Waals surface area contributed by atoms with Crippen molar-refractivity contribution in [3.8, 4) is 0 Å². The zero-order chi connectivity index (χ0) is 21.0. The number of anilines is 3. The van der Waals surface area contributed by atoms with Crippen LogP contribution in [0.4, 0.5) is 23.1 Å². The number of hydrogen-bond donors (Lipinski definition) is 3. The van der Waals surface area contributed by atoms with Crippen molar-refractivity contribution >= 4 is 23.1 Å². The normalized spacial score (nSPS) is 19.0. The Morgan fingerprint density at radius 2 is 1.97 bits per heavy atom. The van der Waals surface area contributed by atoms with Crippen LogP contribution in [0, 0.1) is 16.0 Å². The Morgan fingerprint density at radius 1 is 1.24 bits per heavy atom. The van der Waals surface area contributed by atoms with Gasteiger partial charge >= 0.3 is 5.69 Å². The number of hydrogen-bond acceptors (Lipinski definition) is 8. The lowest BCUT2D eigenvalue weighted by atomic mass is 9.83. The third kappa shape index (κ3) is 5.32. The summed E-state index contributed by atoms with van der Waals surface area (Å²) in [6.45, 7) is 0.497. The molecule has 1 saturated carbocycles. The van der Waals surface area contributed by atoms with Crippen molar-refractivity contribution in [2.24, 2.45) is 11.7 Å². The summed E-state index contributed by atoms with van der Waals surface area (Å²) in [5, 5.41) is 14.7. The summed E-state index contributed by atoms with van der Waals surface area (Å²) in [7, 11) is 3.97. The SMILES string of the molecule is CN(C)c1cccc(CNc2nc(N)c([N+](=O)[O-])c(CC3CCC(N)CC3)n2)c1. The van der Waals surface area contributed by atoms with Crippen molar-refractivity contribution < 1.29 is 4.92 Å². The lowest BCUT2D eigenvalue weighted by molar-refractivity contribution is -0.385. The highest BCUT2D eigenvalue weighted by Crippen LogP contribution is 2.32. The van der Waals surface area contributed by atoms with Crippen molar-refractivity contribution in [3.63, 3.8) is 0 Å². The number of nitrogen functional groups attached to an aromatic ring is 1. The quantitative estimate of drug-likeness (QED) is 0.477. The molecule has 156 valence electrons. The number of nitrogens with two attached hydrogens (primary N) is 2. The number of nitrogens with zero attached hydrogens (tertiary/aromatic N) is 4. The molecule has 0 unspecified atom stereocenters. The third-order valence-corrected chi connectivity index (χ3v) is 5.42. The van der Waals surface area contributed by atoms with Crippen LogP contribution >= 0.6 is 0 Å². The number of nitro groups is 1. The van der Waals surface area contributed by atoms with E-state index in [2.05, 4.69) is 21.4 Å². The first kappa shape index (κ1) is 20.8. The Kier molecular flexibility index (Phi) is 6.48. The van der Waals surface area contributed by atoms with Gasteiger partial charge in [-0.2, -0.15) is 4.98 Å². The Balaban J connectivity index is 1.78. The monoisotopic (exact) mass is 399 g/mol. The highest BCUT2D eigenvalue weighted by molar-refractivity contribution is 5.58. The lowest BCUT2D eigenvalue weighted by Crippen LogP contribution is -2.27. The minimum atomic E-state index is -0.483. The molecule has 0 bridgehead atoms. The van der Waals surface area contributed by atoms with Crippen molar-refractivity contribution in [2.75, 3.05) is 30.0 Å². The third-order valence-electron chi connectivity index (χ3n) is 5.42. The molecule has 1 fully saturated rings. The van der Waals surface area contributed by atoms with Crippen LogP contribution in [0.1, 0.15) is 36.9 Å². The van der Waals surface area contributed by atoms with Crippen LogP contribution in [0.3, 0.4) is 0 Å². The summed E-state index contributed by atoms with van der Waals surface area (Å²) >= 11 is 0. The molecular formula is C20H29N7O2. The molecule has 5 N–H and O–H groups in total. The first-order valence-corrected chi connectivity index (χ1v) is 9.90. The van der Waals surface area contributed by atoms with E-state index in [1.54, 1.807) is 0 Å². The maximum absolute atomic E-state index is 11.5. The van der Waals surface area contributed by atoms with E-state index in [1.807, 2.05) is 37.2 Å². The van der Waals surface area contributed by atoms with E-state index in [0.29, 0.717) is 30.5 Å². The van der Waals surface area contributed by atoms with Crippen molar-refractivity contribution in [2.45, 2.75) is 44.7 Å². The fourth-order valence-corrected chi connectivity index (χ4v) is 3.73. The second-order valence-electron chi connectivity index (χ2n) is 7.89. The van der Waals surface area contributed by atoms with Gasteiger partial charge < -0.3 is 21.7 Å². The van der Waals surface area contributed by atoms with Crippen molar-refractivity contribution in [1.82, 2.24) is 9.97 Å². The summed E-state index contributed by atoms with van der Waals surface area (Å²) in [4.78, 5) is 21.6. The van der Waals surface area contributed by atoms with Gasteiger partial charge in [0, 0.05) is 32.4 Å². The molecule has 9 heteroatoms. The van der Waals surface area contributed by atoms with Gasteiger partial charge in [-0.05, 0) is 55.7 Å². The second kappa shape index (κ2) is 9.04. The van der Waals surface area contributed by atoms with Gasteiger partial charge in [0.1, 0.15) is 5.69 Å². The van der Waals surface area contributed by atoms with Gasteiger partial charge in [0.15, 0.2) is 0 Å². The Morgan fingerprint density at radius 3 is 2.62 bits per heavy atom. The molecule has 1 aliphatic rings. The molecule has 1 aliphatic carbocycles. The molecule has 1 heterocycles. The van der Waals surface area contributed by atoms with E-state index in [-0.39, 0.29) is 17.5 Å². The fourth-order valence-electron chi connectivity index (χ4n) is 3.73. The molecule has 29 heavy (non-hydrogen) atoms. The van der Waals surface area contributed by atoms with Crippen LogP contribution in [0.25, 0.3) is 0 Å². The molecule has 0 spiro atoms. The Labute approximate surface area is 170 Å². The van der Waals surface area contributed by atoms with E-state index in [4.69, 9.17) is 11.5 Å². The number of nitrogens with one attached hydrogen (secondary N) is 1. The van der Waals surface area contributed by atoms with Crippen LogP contribution in [-0.2, 0) is 13.0 Å². The largest absolute Gasteiger partial charge is 0.378 e. The van der Waals surface area contributed by atoms with Crippen LogP contribution < -0.4 is 21.7 Å². The molecule has 3 rings (SSSR count). The number of rotatable bonds is 7. The van der Waals surface area contributed by atoms with Gasteiger partial charge in [-0.25, -0.2) is 4.98 Å². The van der Waals surface area contributed by atoms with Crippen LogP contribution in [0.5, 0.6) is 0 Å². The molecule has 2 aromatic rings. The summed E-state index contributed by atoms with van der Waals surface area (Å²) in [5.74, 6) is 0.537. The minimum Gasteiger partial charge on any atom is -0.378 e.